The lowest BCUT2D eigenvalue weighted by Gasteiger charge is -2.22. The van der Waals surface area contributed by atoms with E-state index in [2.05, 4.69) is 11.8 Å². The Morgan fingerprint density at radius 3 is 2.45 bits per heavy atom. The third-order valence-corrected chi connectivity index (χ3v) is 2.89. The van der Waals surface area contributed by atoms with E-state index < -0.39 is 5.97 Å². The van der Waals surface area contributed by atoms with Crippen LogP contribution in [0, 0.1) is 17.8 Å². The molecule has 0 aliphatic heterocycles. The van der Waals surface area contributed by atoms with Gasteiger partial charge in [-0.15, -0.1) is 0 Å². The summed E-state index contributed by atoms with van der Waals surface area (Å²) in [6, 6.07) is 0.0370. The predicted molar refractivity (Wildman–Crippen MR) is 35.9 cm³/mol. The number of allylic oxidation sites excluding steroid dienone is 1. The minimum atomic E-state index is -0.929. The van der Waals surface area contributed by atoms with Crippen LogP contribution in [-0.4, -0.2) is 12.0 Å². The maximum atomic E-state index is 10.6. The van der Waals surface area contributed by atoms with Gasteiger partial charge < -0.3 is 15.6 Å². The zero-order valence-corrected chi connectivity index (χ0v) is 6.19. The summed E-state index contributed by atoms with van der Waals surface area (Å²) >= 11 is 0. The Morgan fingerprint density at radius 2 is 2.09 bits per heavy atom. The number of carbonyl (C=O) groups excluding carboxylic acids is 1. The van der Waals surface area contributed by atoms with Gasteiger partial charge in [-0.25, -0.2) is 0 Å². The van der Waals surface area contributed by atoms with Crippen LogP contribution in [0.2, 0.25) is 0 Å². The van der Waals surface area contributed by atoms with Gasteiger partial charge in [-0.2, -0.15) is 0 Å². The molecule has 0 spiro atoms. The van der Waals surface area contributed by atoms with E-state index >= 15 is 0 Å². The first-order valence-electron chi connectivity index (χ1n) is 3.92. The number of aliphatic carboxylic acids is 1. The van der Waals surface area contributed by atoms with Crippen LogP contribution >= 0.6 is 0 Å². The van der Waals surface area contributed by atoms with Gasteiger partial charge in [0.05, 0.1) is 17.9 Å². The predicted octanol–water partition coefficient (Wildman–Crippen LogP) is -1.83. The Labute approximate surface area is 64.9 Å². The van der Waals surface area contributed by atoms with E-state index in [1.165, 1.54) is 0 Å². The van der Waals surface area contributed by atoms with Crippen LogP contribution in [-0.2, 0) is 4.79 Å². The Hall–Kier alpha value is -0.830. The third-order valence-electron chi connectivity index (χ3n) is 2.89. The van der Waals surface area contributed by atoms with Gasteiger partial charge in [0.15, 0.2) is 0 Å². The van der Waals surface area contributed by atoms with E-state index in [-0.39, 0.29) is 17.9 Å². The lowest BCUT2D eigenvalue weighted by molar-refractivity contribution is -0.440. The zero-order chi connectivity index (χ0) is 8.01. The zero-order valence-electron chi connectivity index (χ0n) is 6.19. The molecule has 4 atom stereocenters. The fourth-order valence-corrected chi connectivity index (χ4v) is 2.27. The van der Waals surface area contributed by atoms with Crippen LogP contribution < -0.4 is 10.8 Å². The summed E-state index contributed by atoms with van der Waals surface area (Å²) in [5, 5.41) is 10.6. The lowest BCUT2D eigenvalue weighted by atomic mass is 9.90. The highest BCUT2D eigenvalue weighted by Gasteiger charge is 2.45. The second-order valence-corrected chi connectivity index (χ2v) is 3.46. The standard InChI is InChI=1S/C8H11NO2/c9-7-5-2-1-4(3-5)6(7)8(10)11/h1-2,4-7H,3,9H2,(H,10,11)/t4-,5+,6-,7+/m0/s1. The molecule has 11 heavy (non-hydrogen) atoms. The molecule has 0 aromatic heterocycles. The van der Waals surface area contributed by atoms with Crippen molar-refractivity contribution in [2.45, 2.75) is 12.5 Å². The number of carbonyl (C=O) groups is 1. The minimum absolute atomic E-state index is 0.0370. The van der Waals surface area contributed by atoms with E-state index in [4.69, 9.17) is 0 Å². The maximum absolute atomic E-state index is 10.6. The van der Waals surface area contributed by atoms with Crippen molar-refractivity contribution in [1.82, 2.24) is 0 Å². The average molecular weight is 153 g/mol. The van der Waals surface area contributed by atoms with E-state index in [0.717, 1.165) is 6.42 Å². The van der Waals surface area contributed by atoms with E-state index in [0.29, 0.717) is 5.92 Å². The van der Waals surface area contributed by atoms with Gasteiger partial charge in [-0.3, -0.25) is 0 Å². The van der Waals surface area contributed by atoms with Crippen LogP contribution in [0.25, 0.3) is 0 Å². The summed E-state index contributed by atoms with van der Waals surface area (Å²) < 4.78 is 0. The molecule has 1 fully saturated rings. The second kappa shape index (κ2) is 2.08. The third kappa shape index (κ3) is 0.807. The molecule has 2 aliphatic rings. The number of carboxylic acids is 1. The lowest BCUT2D eigenvalue weighted by Crippen LogP contribution is -2.68. The van der Waals surface area contributed by atoms with Crippen molar-refractivity contribution in [3.05, 3.63) is 12.2 Å². The molecule has 0 radical (unpaired) electrons. The van der Waals surface area contributed by atoms with Crippen molar-refractivity contribution < 1.29 is 15.6 Å². The smallest absolute Gasteiger partial charge is 0.0994 e. The molecule has 3 N–H and O–H groups in total. The van der Waals surface area contributed by atoms with Crippen LogP contribution in [0.5, 0.6) is 0 Å². The van der Waals surface area contributed by atoms with Crippen molar-refractivity contribution >= 4 is 5.97 Å². The van der Waals surface area contributed by atoms with Crippen LogP contribution in [0.1, 0.15) is 6.42 Å². The van der Waals surface area contributed by atoms with Gasteiger partial charge in [0.25, 0.3) is 0 Å². The highest BCUT2D eigenvalue weighted by molar-refractivity contribution is 5.70. The van der Waals surface area contributed by atoms with E-state index in [1.54, 1.807) is 0 Å². The first-order chi connectivity index (χ1) is 5.20. The molecule has 0 heterocycles. The SMILES string of the molecule is [NH3+][C@H]1[C@@H](C(=O)[O-])[C@H]2C=C[C@@H]1C2. The Balaban J connectivity index is 2.25. The first-order valence-corrected chi connectivity index (χ1v) is 3.92. The average Bonchev–Trinajstić information content (AvgIpc) is 2.44. The molecule has 0 saturated heterocycles. The monoisotopic (exact) mass is 153 g/mol. The Morgan fingerprint density at radius 1 is 1.45 bits per heavy atom. The molecule has 2 rings (SSSR count). The molecule has 0 amide bonds. The largest absolute Gasteiger partial charge is 0.550 e. The highest BCUT2D eigenvalue weighted by Crippen LogP contribution is 2.41. The van der Waals surface area contributed by atoms with E-state index in [1.807, 2.05) is 6.08 Å². The second-order valence-electron chi connectivity index (χ2n) is 3.46. The number of hydrogen-bond donors (Lipinski definition) is 1. The number of hydrogen-bond acceptors (Lipinski definition) is 2. The van der Waals surface area contributed by atoms with Gasteiger partial charge >= 0.3 is 0 Å². The summed E-state index contributed by atoms with van der Waals surface area (Å²) in [5.74, 6) is -0.665. The number of carboxylic acid groups (broad SMARTS) is 1. The van der Waals surface area contributed by atoms with Crippen LogP contribution in [0.15, 0.2) is 12.2 Å². The minimum Gasteiger partial charge on any atom is -0.550 e. The number of rotatable bonds is 1. The molecule has 2 aliphatic carbocycles. The number of fused-ring (bicyclic) bond motifs is 2. The molecule has 2 bridgehead atoms. The molecular formula is C8H11NO2. The van der Waals surface area contributed by atoms with Gasteiger partial charge in [-0.05, 0) is 12.3 Å². The van der Waals surface area contributed by atoms with Crippen LogP contribution in [0.3, 0.4) is 0 Å². The quantitative estimate of drug-likeness (QED) is 0.450. The summed E-state index contributed by atoms with van der Waals surface area (Å²) in [6.45, 7) is 0. The first kappa shape index (κ1) is 6.85. The van der Waals surface area contributed by atoms with E-state index in [9.17, 15) is 9.90 Å². The Kier molecular flexibility index (Phi) is 1.29. The molecule has 0 unspecified atom stereocenters. The summed E-state index contributed by atoms with van der Waals surface area (Å²) in [5.41, 5.74) is 3.85. The fraction of sp³-hybridized carbons (Fsp3) is 0.625. The molecule has 0 aromatic carbocycles. The molecular weight excluding hydrogens is 142 g/mol. The van der Waals surface area contributed by atoms with Crippen molar-refractivity contribution in [2.24, 2.45) is 17.8 Å². The van der Waals surface area contributed by atoms with Crippen molar-refractivity contribution in [3.63, 3.8) is 0 Å². The molecule has 3 heteroatoms. The summed E-state index contributed by atoms with van der Waals surface area (Å²) in [4.78, 5) is 10.6. The molecule has 60 valence electrons. The van der Waals surface area contributed by atoms with Gasteiger partial charge in [0.2, 0.25) is 0 Å². The summed E-state index contributed by atoms with van der Waals surface area (Å²) in [7, 11) is 0. The molecule has 0 aromatic rings. The van der Waals surface area contributed by atoms with Gasteiger partial charge in [0.1, 0.15) is 0 Å². The maximum Gasteiger partial charge on any atom is 0.0994 e. The van der Waals surface area contributed by atoms with Gasteiger partial charge in [0, 0.05) is 5.92 Å². The highest BCUT2D eigenvalue weighted by atomic mass is 16.4. The molecule has 3 nitrogen and oxygen atoms in total. The molecule has 1 saturated carbocycles. The topological polar surface area (TPSA) is 67.8 Å². The van der Waals surface area contributed by atoms with Crippen molar-refractivity contribution in [2.75, 3.05) is 0 Å². The van der Waals surface area contributed by atoms with Crippen LogP contribution in [0.4, 0.5) is 0 Å². The fourth-order valence-electron chi connectivity index (χ4n) is 2.27. The Bertz CT molecular complexity index is 224. The summed E-state index contributed by atoms with van der Waals surface area (Å²) in [6.07, 6.45) is 5.04. The van der Waals surface area contributed by atoms with Crippen molar-refractivity contribution in [3.8, 4) is 0 Å². The number of quaternary nitrogens is 1. The van der Waals surface area contributed by atoms with Gasteiger partial charge in [-0.1, -0.05) is 12.2 Å². The van der Waals surface area contributed by atoms with Crippen molar-refractivity contribution in [1.29, 1.82) is 0 Å². The normalized spacial score (nSPS) is 46.6.